The van der Waals surface area contributed by atoms with Gasteiger partial charge in [-0.15, -0.1) is 24.3 Å². The van der Waals surface area contributed by atoms with Crippen LogP contribution in [-0.4, -0.2) is 19.3 Å². The van der Waals surface area contributed by atoms with Crippen LogP contribution in [-0.2, 0) is 26.5 Å². The maximum Gasteiger partial charge on any atom is 2.00 e. The van der Waals surface area contributed by atoms with Crippen LogP contribution in [0.25, 0.3) is 64.7 Å². The van der Waals surface area contributed by atoms with E-state index in [0.717, 1.165) is 49.1 Å². The van der Waals surface area contributed by atoms with Crippen LogP contribution in [0.4, 0.5) is 0 Å². The molecule has 0 radical (unpaired) electrons. The van der Waals surface area contributed by atoms with Gasteiger partial charge in [0.1, 0.15) is 5.82 Å². The Kier molecular flexibility index (Phi) is 8.44. The molecule has 9 rings (SSSR count). The zero-order chi connectivity index (χ0) is 35.0. The van der Waals surface area contributed by atoms with Crippen LogP contribution in [0.15, 0.2) is 109 Å². The van der Waals surface area contributed by atoms with E-state index in [1.807, 2.05) is 35.3 Å². The number of aromatic nitrogens is 4. The molecule has 0 fully saturated rings. The van der Waals surface area contributed by atoms with Crippen molar-refractivity contribution in [2.75, 3.05) is 0 Å². The first-order valence-corrected chi connectivity index (χ1v) is 18.1. The minimum atomic E-state index is -0.0285. The van der Waals surface area contributed by atoms with Crippen molar-refractivity contribution in [2.45, 2.75) is 47.0 Å². The van der Waals surface area contributed by atoms with E-state index in [1.165, 1.54) is 37.9 Å². The number of pyridine rings is 1. The number of nitrogens with zero attached hydrogens (tertiary/aromatic N) is 4. The maximum atomic E-state index is 6.82. The monoisotopic (exact) mass is 875 g/mol. The fourth-order valence-corrected chi connectivity index (χ4v) is 8.61. The van der Waals surface area contributed by atoms with Crippen molar-refractivity contribution in [2.24, 2.45) is 0 Å². The second kappa shape index (κ2) is 12.9. The minimum Gasteiger partial charge on any atom is -0.508 e. The van der Waals surface area contributed by atoms with E-state index in [1.54, 1.807) is 11.3 Å². The molecule has 0 aliphatic rings. The van der Waals surface area contributed by atoms with Crippen LogP contribution < -0.4 is 4.74 Å². The summed E-state index contributed by atoms with van der Waals surface area (Å²) in [6, 6.07) is 41.2. The van der Waals surface area contributed by atoms with Gasteiger partial charge in [-0.1, -0.05) is 91.2 Å². The molecule has 0 aliphatic heterocycles. The van der Waals surface area contributed by atoms with Crippen LogP contribution in [0.5, 0.6) is 11.5 Å². The van der Waals surface area contributed by atoms with Crippen LogP contribution in [0.3, 0.4) is 0 Å². The molecule has 52 heavy (non-hydrogen) atoms. The van der Waals surface area contributed by atoms with E-state index in [4.69, 9.17) is 14.8 Å². The van der Waals surface area contributed by atoms with Gasteiger partial charge in [-0.3, -0.25) is 4.68 Å². The molecule has 0 amide bonds. The number of para-hydroxylation sites is 1. The predicted octanol–water partition coefficient (Wildman–Crippen LogP) is 12.0. The summed E-state index contributed by atoms with van der Waals surface area (Å²) in [6.45, 7) is 13.1. The van der Waals surface area contributed by atoms with Gasteiger partial charge < -0.3 is 9.30 Å². The molecule has 0 saturated heterocycles. The topological polar surface area (TPSA) is 44.9 Å². The van der Waals surface area contributed by atoms with Gasteiger partial charge in [0.05, 0.1) is 5.69 Å². The first-order valence-electron chi connectivity index (χ1n) is 17.2. The molecule has 9 aromatic rings. The van der Waals surface area contributed by atoms with Crippen molar-refractivity contribution in [3.05, 3.63) is 144 Å². The van der Waals surface area contributed by atoms with E-state index in [-0.39, 0.29) is 26.5 Å². The van der Waals surface area contributed by atoms with E-state index >= 15 is 0 Å². The number of benzene rings is 5. The van der Waals surface area contributed by atoms with Crippen LogP contribution in [0, 0.1) is 32.9 Å². The Labute approximate surface area is 321 Å². The number of hydrogen-bond acceptors (Lipinski definition) is 4. The first-order chi connectivity index (χ1) is 24.6. The molecule has 4 aromatic heterocycles. The fourth-order valence-electron chi connectivity index (χ4n) is 7.46. The maximum absolute atomic E-state index is 6.82. The zero-order valence-electron chi connectivity index (χ0n) is 29.8. The largest absolute Gasteiger partial charge is 2.00 e. The molecule has 258 valence electrons. The summed E-state index contributed by atoms with van der Waals surface area (Å²) in [4.78, 5) is 4.91. The van der Waals surface area contributed by atoms with Gasteiger partial charge in [-0.25, -0.2) is 16.3 Å². The second-order valence-electron chi connectivity index (χ2n) is 14.4. The van der Waals surface area contributed by atoms with Gasteiger partial charge in [-0.05, 0) is 94.4 Å². The zero-order valence-corrected chi connectivity index (χ0v) is 32.9. The molecule has 0 bridgehead atoms. The Hall–Kier alpha value is -5.03. The van der Waals surface area contributed by atoms with Crippen molar-refractivity contribution in [1.29, 1.82) is 0 Å². The molecule has 5 aromatic carbocycles. The standard InChI is InChI=1S/C45H36N4OS.Pt/c1-27-22-28(2)41(29(3)23-27)35-19-21-48(47-35)31-12-11-13-32(25-31)50-38-26-37-42(43-34-15-8-10-17-39(34)51-44(38)43)33-14-7-9-16-36(33)49(37)40-24-30(18-20-46-40)45(4,5)6;/h7-24H,1-6H3;/q-2;+2. The summed E-state index contributed by atoms with van der Waals surface area (Å²) >= 11 is 1.73. The number of ether oxygens (including phenoxy) is 1. The Balaban J connectivity index is 0.00000387. The summed E-state index contributed by atoms with van der Waals surface area (Å²) in [6.07, 6.45) is 3.90. The van der Waals surface area contributed by atoms with Crippen molar-refractivity contribution in [3.8, 4) is 34.3 Å². The molecule has 0 saturated carbocycles. The fraction of sp³-hybridized carbons (Fsp3) is 0.156. The van der Waals surface area contributed by atoms with Crippen molar-refractivity contribution in [3.63, 3.8) is 0 Å². The average molecular weight is 876 g/mol. The van der Waals surface area contributed by atoms with Crippen LogP contribution in [0.2, 0.25) is 0 Å². The van der Waals surface area contributed by atoms with Gasteiger partial charge in [0.15, 0.2) is 0 Å². The third-order valence-electron chi connectivity index (χ3n) is 9.73. The SMILES string of the molecule is Cc1cc(C)c(-c2ccn(-c3[c-]c(Oc4[c-]c5c(c6ccccc6n5-c5cc(C(C)(C)C)ccn5)c5c4sc4ccccc45)ccc3)n2)c(C)c1.[Pt+2]. The molecule has 0 aliphatic carbocycles. The molecule has 5 nitrogen and oxygen atoms in total. The molecular weight excluding hydrogens is 840 g/mol. The predicted molar refractivity (Wildman–Crippen MR) is 211 cm³/mol. The van der Waals surface area contributed by atoms with E-state index in [2.05, 4.69) is 137 Å². The summed E-state index contributed by atoms with van der Waals surface area (Å²) in [7, 11) is 0. The van der Waals surface area contributed by atoms with Crippen LogP contribution >= 0.6 is 11.3 Å². The van der Waals surface area contributed by atoms with Gasteiger partial charge in [0, 0.05) is 39.7 Å². The van der Waals surface area contributed by atoms with Gasteiger partial charge in [-0.2, -0.15) is 11.2 Å². The van der Waals surface area contributed by atoms with Crippen molar-refractivity contribution >= 4 is 53.3 Å². The molecule has 0 spiro atoms. The smallest absolute Gasteiger partial charge is 0.508 e. The Morgan fingerprint density at radius 1 is 0.769 bits per heavy atom. The van der Waals surface area contributed by atoms with E-state index in [9.17, 15) is 0 Å². The second-order valence-corrected chi connectivity index (χ2v) is 15.5. The number of fused-ring (bicyclic) bond motifs is 7. The van der Waals surface area contributed by atoms with Gasteiger partial charge in [0.2, 0.25) is 0 Å². The summed E-state index contributed by atoms with van der Waals surface area (Å²) in [5.41, 5.74) is 9.79. The molecule has 0 unspecified atom stereocenters. The third-order valence-corrected chi connectivity index (χ3v) is 10.9. The number of thiophene rings is 1. The minimum absolute atomic E-state index is 0. The van der Waals surface area contributed by atoms with Crippen molar-refractivity contribution < 1.29 is 25.8 Å². The number of aryl methyl sites for hydroxylation is 3. The Morgan fingerprint density at radius 3 is 2.31 bits per heavy atom. The van der Waals surface area contributed by atoms with E-state index in [0.29, 0.717) is 11.5 Å². The third kappa shape index (κ3) is 5.66. The molecular formula is C45H36N4OPtS. The number of hydrogen-bond donors (Lipinski definition) is 0. The first kappa shape index (κ1) is 34.1. The molecule has 0 atom stereocenters. The normalized spacial score (nSPS) is 11.9. The Bertz CT molecular complexity index is 2790. The van der Waals surface area contributed by atoms with Gasteiger partial charge in [0.25, 0.3) is 0 Å². The van der Waals surface area contributed by atoms with Gasteiger partial charge >= 0.3 is 21.1 Å². The molecule has 7 heteroatoms. The average Bonchev–Trinajstić information content (AvgIpc) is 3.82. The summed E-state index contributed by atoms with van der Waals surface area (Å²) in [5, 5.41) is 9.65. The van der Waals surface area contributed by atoms with E-state index < -0.39 is 0 Å². The molecule has 0 N–H and O–H groups in total. The summed E-state index contributed by atoms with van der Waals surface area (Å²) in [5.74, 6) is 2.11. The molecule has 4 heterocycles. The quantitative estimate of drug-likeness (QED) is 0.162. The van der Waals surface area contributed by atoms with Crippen LogP contribution in [0.1, 0.15) is 43.0 Å². The number of rotatable bonds is 5. The summed E-state index contributed by atoms with van der Waals surface area (Å²) < 4.78 is 13.2. The Morgan fingerprint density at radius 2 is 1.52 bits per heavy atom. The van der Waals surface area contributed by atoms with Crippen molar-refractivity contribution in [1.82, 2.24) is 19.3 Å².